The summed E-state index contributed by atoms with van der Waals surface area (Å²) in [4.78, 5) is 6.51. The largest absolute Gasteiger partial charge is 0.378 e. The first-order valence-electron chi connectivity index (χ1n) is 4.20. The number of hydrogen-bond donors (Lipinski definition) is 0. The Labute approximate surface area is 72.0 Å². The molecule has 1 fully saturated rings. The molecule has 0 radical (unpaired) electrons. The highest BCUT2D eigenvalue weighted by atomic mass is 16.5. The zero-order chi connectivity index (χ0) is 8.23. The van der Waals surface area contributed by atoms with Crippen molar-refractivity contribution >= 4 is 5.82 Å². The number of nitrogens with zero attached hydrogens (tertiary/aromatic N) is 2. The van der Waals surface area contributed by atoms with Crippen LogP contribution in [0.25, 0.3) is 0 Å². The molecule has 0 aromatic carbocycles. The van der Waals surface area contributed by atoms with E-state index in [1.807, 2.05) is 24.4 Å². The Morgan fingerprint density at radius 1 is 1.25 bits per heavy atom. The molecule has 0 aliphatic carbocycles. The van der Waals surface area contributed by atoms with Gasteiger partial charge in [-0.2, -0.15) is 0 Å². The van der Waals surface area contributed by atoms with Crippen LogP contribution in [0.2, 0.25) is 0 Å². The summed E-state index contributed by atoms with van der Waals surface area (Å²) in [6.07, 6.45) is 1.82. The van der Waals surface area contributed by atoms with Crippen LogP contribution in [-0.2, 0) is 4.74 Å². The molecule has 0 saturated carbocycles. The highest BCUT2D eigenvalue weighted by Crippen LogP contribution is 2.10. The Morgan fingerprint density at radius 3 is 2.75 bits per heavy atom. The van der Waals surface area contributed by atoms with Crippen molar-refractivity contribution in [3.05, 3.63) is 24.4 Å². The smallest absolute Gasteiger partial charge is 0.128 e. The summed E-state index contributed by atoms with van der Waals surface area (Å²) in [5.74, 6) is 1.06. The monoisotopic (exact) mass is 164 g/mol. The van der Waals surface area contributed by atoms with E-state index in [4.69, 9.17) is 4.74 Å². The number of aromatic nitrogens is 1. The number of anilines is 1. The van der Waals surface area contributed by atoms with E-state index in [9.17, 15) is 0 Å². The lowest BCUT2D eigenvalue weighted by Gasteiger charge is -2.27. The van der Waals surface area contributed by atoms with E-state index in [1.165, 1.54) is 0 Å². The van der Waals surface area contributed by atoms with Gasteiger partial charge in [-0.25, -0.2) is 4.98 Å². The van der Waals surface area contributed by atoms with Gasteiger partial charge in [0, 0.05) is 19.3 Å². The van der Waals surface area contributed by atoms with Gasteiger partial charge in [0.1, 0.15) is 5.82 Å². The summed E-state index contributed by atoms with van der Waals surface area (Å²) in [7, 11) is 0. The molecule has 2 rings (SSSR count). The van der Waals surface area contributed by atoms with Crippen molar-refractivity contribution in [2.24, 2.45) is 0 Å². The fourth-order valence-electron chi connectivity index (χ4n) is 1.33. The Balaban J connectivity index is 2.08. The molecular weight excluding hydrogens is 152 g/mol. The molecule has 0 bridgehead atoms. The van der Waals surface area contributed by atoms with Gasteiger partial charge >= 0.3 is 0 Å². The average molecular weight is 164 g/mol. The Morgan fingerprint density at radius 2 is 2.08 bits per heavy atom. The molecule has 0 amide bonds. The predicted molar refractivity (Wildman–Crippen MR) is 47.3 cm³/mol. The van der Waals surface area contributed by atoms with Crippen LogP contribution in [0.5, 0.6) is 0 Å². The lowest BCUT2D eigenvalue weighted by atomic mass is 10.4. The summed E-state index contributed by atoms with van der Waals surface area (Å²) in [6.45, 7) is 3.54. The molecule has 1 aromatic heterocycles. The highest BCUT2D eigenvalue weighted by molar-refractivity contribution is 5.37. The van der Waals surface area contributed by atoms with E-state index in [0.717, 1.165) is 32.1 Å². The number of pyridine rings is 1. The molecule has 1 aliphatic heterocycles. The SMILES string of the molecule is c1ccc(N2CCOCC2)nc1. The van der Waals surface area contributed by atoms with Crippen molar-refractivity contribution in [3.8, 4) is 0 Å². The Bertz CT molecular complexity index is 232. The van der Waals surface area contributed by atoms with Crippen LogP contribution in [0, 0.1) is 0 Å². The first-order valence-corrected chi connectivity index (χ1v) is 4.20. The van der Waals surface area contributed by atoms with Gasteiger partial charge in [-0.05, 0) is 12.1 Å². The zero-order valence-electron chi connectivity index (χ0n) is 6.94. The van der Waals surface area contributed by atoms with Gasteiger partial charge in [-0.15, -0.1) is 0 Å². The number of ether oxygens (including phenoxy) is 1. The average Bonchev–Trinajstić information content (AvgIpc) is 2.21. The fraction of sp³-hybridized carbons (Fsp3) is 0.444. The molecule has 12 heavy (non-hydrogen) atoms. The minimum absolute atomic E-state index is 0.816. The van der Waals surface area contributed by atoms with Gasteiger partial charge in [0.25, 0.3) is 0 Å². The van der Waals surface area contributed by atoms with Gasteiger partial charge < -0.3 is 9.64 Å². The molecule has 1 aromatic rings. The summed E-state index contributed by atoms with van der Waals surface area (Å²) in [6, 6.07) is 5.98. The zero-order valence-corrected chi connectivity index (χ0v) is 6.94. The predicted octanol–water partition coefficient (Wildman–Crippen LogP) is 0.918. The van der Waals surface area contributed by atoms with Gasteiger partial charge in [-0.1, -0.05) is 6.07 Å². The molecule has 0 spiro atoms. The van der Waals surface area contributed by atoms with Crippen molar-refractivity contribution in [2.75, 3.05) is 31.2 Å². The van der Waals surface area contributed by atoms with E-state index in [-0.39, 0.29) is 0 Å². The quantitative estimate of drug-likeness (QED) is 0.617. The number of hydrogen-bond acceptors (Lipinski definition) is 3. The van der Waals surface area contributed by atoms with Crippen LogP contribution in [0.4, 0.5) is 5.82 Å². The van der Waals surface area contributed by atoms with Crippen molar-refractivity contribution in [1.82, 2.24) is 4.98 Å². The van der Waals surface area contributed by atoms with Crippen molar-refractivity contribution < 1.29 is 4.74 Å². The minimum atomic E-state index is 0.816. The van der Waals surface area contributed by atoms with Crippen LogP contribution in [0.15, 0.2) is 24.4 Å². The maximum atomic E-state index is 5.25. The third kappa shape index (κ3) is 1.56. The second kappa shape index (κ2) is 3.54. The number of morpholine rings is 1. The van der Waals surface area contributed by atoms with Gasteiger partial charge in [0.15, 0.2) is 0 Å². The van der Waals surface area contributed by atoms with Crippen LogP contribution >= 0.6 is 0 Å². The third-order valence-electron chi connectivity index (χ3n) is 1.98. The first kappa shape index (κ1) is 7.55. The summed E-state index contributed by atoms with van der Waals surface area (Å²) in [5.41, 5.74) is 0. The van der Waals surface area contributed by atoms with E-state index in [1.54, 1.807) is 0 Å². The van der Waals surface area contributed by atoms with Crippen LogP contribution < -0.4 is 4.90 Å². The Hall–Kier alpha value is -1.09. The molecule has 0 N–H and O–H groups in total. The van der Waals surface area contributed by atoms with E-state index >= 15 is 0 Å². The number of rotatable bonds is 1. The van der Waals surface area contributed by atoms with Gasteiger partial charge in [0.05, 0.1) is 13.2 Å². The van der Waals surface area contributed by atoms with Crippen molar-refractivity contribution in [3.63, 3.8) is 0 Å². The third-order valence-corrected chi connectivity index (χ3v) is 1.98. The van der Waals surface area contributed by atoms with Crippen molar-refractivity contribution in [1.29, 1.82) is 0 Å². The standard InChI is InChI=1S/C9H12N2O/c1-2-4-10-9(3-1)11-5-7-12-8-6-11/h1-4H,5-8H2. The minimum Gasteiger partial charge on any atom is -0.378 e. The van der Waals surface area contributed by atoms with E-state index in [0.29, 0.717) is 0 Å². The van der Waals surface area contributed by atoms with Gasteiger partial charge in [-0.3, -0.25) is 0 Å². The Kier molecular flexibility index (Phi) is 2.23. The lowest BCUT2D eigenvalue weighted by Crippen LogP contribution is -2.36. The molecule has 3 heteroatoms. The summed E-state index contributed by atoms with van der Waals surface area (Å²) >= 11 is 0. The molecule has 0 atom stereocenters. The van der Waals surface area contributed by atoms with Gasteiger partial charge in [0.2, 0.25) is 0 Å². The second-order valence-electron chi connectivity index (χ2n) is 2.79. The van der Waals surface area contributed by atoms with Crippen LogP contribution in [-0.4, -0.2) is 31.3 Å². The second-order valence-corrected chi connectivity index (χ2v) is 2.79. The van der Waals surface area contributed by atoms with E-state index in [2.05, 4.69) is 9.88 Å². The normalized spacial score (nSPS) is 17.8. The molecule has 64 valence electrons. The maximum absolute atomic E-state index is 5.25. The molecule has 1 saturated heterocycles. The molecule has 0 unspecified atom stereocenters. The van der Waals surface area contributed by atoms with Crippen LogP contribution in [0.1, 0.15) is 0 Å². The molecule has 3 nitrogen and oxygen atoms in total. The summed E-state index contributed by atoms with van der Waals surface area (Å²) in [5, 5.41) is 0. The van der Waals surface area contributed by atoms with Crippen molar-refractivity contribution in [2.45, 2.75) is 0 Å². The van der Waals surface area contributed by atoms with Crippen LogP contribution in [0.3, 0.4) is 0 Å². The molecule has 2 heterocycles. The highest BCUT2D eigenvalue weighted by Gasteiger charge is 2.10. The molecular formula is C9H12N2O. The first-order chi connectivity index (χ1) is 5.97. The van der Waals surface area contributed by atoms with E-state index < -0.39 is 0 Å². The maximum Gasteiger partial charge on any atom is 0.128 e. The molecule has 1 aliphatic rings. The fourth-order valence-corrected chi connectivity index (χ4v) is 1.33. The topological polar surface area (TPSA) is 25.4 Å². The lowest BCUT2D eigenvalue weighted by molar-refractivity contribution is 0.122. The summed E-state index contributed by atoms with van der Waals surface area (Å²) < 4.78 is 5.25.